The molecule has 1 unspecified atom stereocenters. The lowest BCUT2D eigenvalue weighted by atomic mass is 10.1. The van der Waals surface area contributed by atoms with Crippen LogP contribution in [0.25, 0.3) is 0 Å². The number of likely N-dealkylation sites (tertiary alicyclic amines) is 1. The average Bonchev–Trinajstić information content (AvgIpc) is 2.80. The second-order valence-corrected chi connectivity index (χ2v) is 8.17. The molecule has 1 aromatic carbocycles. The van der Waals surface area contributed by atoms with Crippen LogP contribution in [0.3, 0.4) is 0 Å². The molecule has 2 heterocycles. The lowest BCUT2D eigenvalue weighted by molar-refractivity contribution is -0.0721. The van der Waals surface area contributed by atoms with Gasteiger partial charge in [0, 0.05) is 26.2 Å². The number of hydrogen-bond donors (Lipinski definition) is 1. The highest BCUT2D eigenvalue weighted by Crippen LogP contribution is 2.19. The first-order chi connectivity index (χ1) is 14.8. The Balaban J connectivity index is 0.00000341. The fourth-order valence-corrected chi connectivity index (χ4v) is 3.96. The van der Waals surface area contributed by atoms with Gasteiger partial charge >= 0.3 is 0 Å². The molecule has 31 heavy (non-hydrogen) atoms. The quantitative estimate of drug-likeness (QED) is 0.279. The number of guanidine groups is 1. The van der Waals surface area contributed by atoms with E-state index in [2.05, 4.69) is 36.2 Å². The number of nitrogens with one attached hydrogen (secondary N) is 1. The third kappa shape index (κ3) is 9.14. The van der Waals surface area contributed by atoms with Crippen molar-refractivity contribution in [3.8, 4) is 5.75 Å². The lowest BCUT2D eigenvalue weighted by Gasteiger charge is -2.35. The Labute approximate surface area is 205 Å². The number of piperidine rings is 1. The highest BCUT2D eigenvalue weighted by molar-refractivity contribution is 14.0. The Hall–Kier alpha value is -1.06. The fraction of sp³-hybridized carbons (Fsp3) is 0.708. The van der Waals surface area contributed by atoms with Gasteiger partial charge in [0.2, 0.25) is 0 Å². The molecule has 2 aliphatic rings. The summed E-state index contributed by atoms with van der Waals surface area (Å²) in [6, 6.07) is 8.26. The van der Waals surface area contributed by atoms with E-state index in [1.165, 1.54) is 18.4 Å². The summed E-state index contributed by atoms with van der Waals surface area (Å²) in [6.07, 6.45) is 7.32. The molecule has 3 rings (SSSR count). The summed E-state index contributed by atoms with van der Waals surface area (Å²) < 4.78 is 17.7. The molecule has 6 nitrogen and oxygen atoms in total. The number of halogens is 1. The second-order valence-electron chi connectivity index (χ2n) is 8.17. The van der Waals surface area contributed by atoms with Crippen LogP contribution in [-0.4, -0.2) is 62.5 Å². The van der Waals surface area contributed by atoms with E-state index in [-0.39, 0.29) is 24.0 Å². The fourth-order valence-electron chi connectivity index (χ4n) is 3.96. The van der Waals surface area contributed by atoms with E-state index >= 15 is 0 Å². The van der Waals surface area contributed by atoms with Gasteiger partial charge in [-0.2, -0.15) is 0 Å². The number of nitrogens with zero attached hydrogens (tertiary/aromatic N) is 2. The highest BCUT2D eigenvalue weighted by Gasteiger charge is 2.23. The topological polar surface area (TPSA) is 55.3 Å². The van der Waals surface area contributed by atoms with Crippen LogP contribution >= 0.6 is 24.0 Å². The minimum atomic E-state index is 0. The second kappa shape index (κ2) is 14.9. The maximum absolute atomic E-state index is 6.16. The normalized spacial score (nSPS) is 20.3. The van der Waals surface area contributed by atoms with Gasteiger partial charge in [-0.25, -0.2) is 4.99 Å². The summed E-state index contributed by atoms with van der Waals surface area (Å²) >= 11 is 0. The van der Waals surface area contributed by atoms with E-state index in [9.17, 15) is 0 Å². The van der Waals surface area contributed by atoms with Crippen LogP contribution in [0.4, 0.5) is 0 Å². The van der Waals surface area contributed by atoms with E-state index in [1.54, 1.807) is 0 Å². The first-order valence-corrected chi connectivity index (χ1v) is 11.8. The van der Waals surface area contributed by atoms with Crippen molar-refractivity contribution in [1.82, 2.24) is 10.2 Å². The standard InChI is InChI=1S/C24H39N3O3.HI/c1-3-15-28-22-10-7-8-20(17-22)18-26-24(25-4-2)27-13-11-21(12-14-27)30-19-23-9-5-6-16-29-23;/h7-8,10,17,21,23H,3-6,9,11-16,18-19H2,1-2H3,(H,25,26);1H. The molecule has 1 aromatic rings. The van der Waals surface area contributed by atoms with E-state index in [0.717, 1.165) is 76.8 Å². The van der Waals surface area contributed by atoms with E-state index < -0.39 is 0 Å². The molecule has 7 heteroatoms. The van der Waals surface area contributed by atoms with E-state index in [4.69, 9.17) is 19.2 Å². The Bertz CT molecular complexity index is 645. The van der Waals surface area contributed by atoms with Crippen molar-refractivity contribution in [3.63, 3.8) is 0 Å². The molecule has 1 atom stereocenters. The SMILES string of the molecule is CCCOc1cccc(CN=C(NCC)N2CCC(OCC3CCCCO3)CC2)c1.I. The van der Waals surface area contributed by atoms with Crippen molar-refractivity contribution in [2.45, 2.75) is 71.1 Å². The van der Waals surface area contributed by atoms with Crippen molar-refractivity contribution in [3.05, 3.63) is 29.8 Å². The van der Waals surface area contributed by atoms with E-state index in [0.29, 0.717) is 18.8 Å². The van der Waals surface area contributed by atoms with Crippen LogP contribution in [0.15, 0.2) is 29.3 Å². The average molecular weight is 546 g/mol. The van der Waals surface area contributed by atoms with Gasteiger partial charge in [0.05, 0.1) is 32.0 Å². The van der Waals surface area contributed by atoms with Gasteiger partial charge in [-0.15, -0.1) is 24.0 Å². The number of benzene rings is 1. The molecule has 0 bridgehead atoms. The van der Waals surface area contributed by atoms with Gasteiger partial charge in [0.1, 0.15) is 5.75 Å². The summed E-state index contributed by atoms with van der Waals surface area (Å²) in [5, 5.41) is 3.45. The maximum Gasteiger partial charge on any atom is 0.194 e. The van der Waals surface area contributed by atoms with Crippen LogP contribution in [0.5, 0.6) is 5.75 Å². The van der Waals surface area contributed by atoms with Crippen molar-refractivity contribution in [2.75, 3.05) is 39.5 Å². The first-order valence-electron chi connectivity index (χ1n) is 11.8. The van der Waals surface area contributed by atoms with Crippen LogP contribution in [0.2, 0.25) is 0 Å². The predicted molar refractivity (Wildman–Crippen MR) is 137 cm³/mol. The zero-order valence-electron chi connectivity index (χ0n) is 19.2. The molecule has 0 saturated carbocycles. The summed E-state index contributed by atoms with van der Waals surface area (Å²) in [7, 11) is 0. The molecule has 0 aliphatic carbocycles. The van der Waals surface area contributed by atoms with Crippen molar-refractivity contribution < 1.29 is 14.2 Å². The smallest absolute Gasteiger partial charge is 0.194 e. The van der Waals surface area contributed by atoms with Gasteiger partial charge in [-0.1, -0.05) is 19.1 Å². The summed E-state index contributed by atoms with van der Waals surface area (Å²) in [6.45, 7) is 10.1. The summed E-state index contributed by atoms with van der Waals surface area (Å²) in [5.74, 6) is 1.92. The lowest BCUT2D eigenvalue weighted by Crippen LogP contribution is -2.47. The van der Waals surface area contributed by atoms with Crippen LogP contribution < -0.4 is 10.1 Å². The van der Waals surface area contributed by atoms with Crippen molar-refractivity contribution in [2.24, 2.45) is 4.99 Å². The molecule has 2 fully saturated rings. The van der Waals surface area contributed by atoms with Gasteiger partial charge in [0.15, 0.2) is 5.96 Å². The number of aliphatic imine (C=N–C) groups is 1. The van der Waals surface area contributed by atoms with Gasteiger partial charge in [0.25, 0.3) is 0 Å². The third-order valence-corrected chi connectivity index (χ3v) is 5.65. The van der Waals surface area contributed by atoms with Gasteiger partial charge in [-0.05, 0) is 63.1 Å². The molecular weight excluding hydrogens is 505 g/mol. The number of hydrogen-bond acceptors (Lipinski definition) is 4. The van der Waals surface area contributed by atoms with E-state index in [1.807, 2.05) is 12.1 Å². The summed E-state index contributed by atoms with van der Waals surface area (Å²) in [4.78, 5) is 7.25. The monoisotopic (exact) mass is 545 g/mol. The number of rotatable bonds is 9. The molecule has 2 aliphatic heterocycles. The minimum Gasteiger partial charge on any atom is -0.494 e. The Morgan fingerprint density at radius 1 is 1.19 bits per heavy atom. The van der Waals surface area contributed by atoms with Gasteiger partial charge < -0.3 is 24.4 Å². The molecule has 0 amide bonds. The number of ether oxygens (including phenoxy) is 3. The summed E-state index contributed by atoms with van der Waals surface area (Å²) in [5.41, 5.74) is 1.17. The molecule has 0 aromatic heterocycles. The largest absolute Gasteiger partial charge is 0.494 e. The van der Waals surface area contributed by atoms with Crippen LogP contribution in [-0.2, 0) is 16.0 Å². The Morgan fingerprint density at radius 2 is 2.03 bits per heavy atom. The Morgan fingerprint density at radius 3 is 2.74 bits per heavy atom. The van der Waals surface area contributed by atoms with Gasteiger partial charge in [-0.3, -0.25) is 0 Å². The first kappa shape index (κ1) is 26.2. The molecule has 176 valence electrons. The van der Waals surface area contributed by atoms with Crippen LogP contribution in [0, 0.1) is 0 Å². The molecule has 0 radical (unpaired) electrons. The third-order valence-electron chi connectivity index (χ3n) is 5.65. The molecular formula is C24H40IN3O3. The predicted octanol–water partition coefficient (Wildman–Crippen LogP) is 4.61. The maximum atomic E-state index is 6.16. The van der Waals surface area contributed by atoms with Crippen LogP contribution in [0.1, 0.15) is 57.9 Å². The minimum absolute atomic E-state index is 0. The Kier molecular flexibility index (Phi) is 12.6. The highest BCUT2D eigenvalue weighted by atomic mass is 127. The van der Waals surface area contributed by atoms with Crippen molar-refractivity contribution >= 4 is 29.9 Å². The molecule has 1 N–H and O–H groups in total. The zero-order chi connectivity index (χ0) is 21.0. The van der Waals surface area contributed by atoms with Crippen molar-refractivity contribution in [1.29, 1.82) is 0 Å². The molecule has 2 saturated heterocycles. The zero-order valence-corrected chi connectivity index (χ0v) is 21.5. The molecule has 0 spiro atoms.